The minimum Gasteiger partial charge on any atom is -0.553 e. The Morgan fingerprint density at radius 3 is 2.17 bits per heavy atom. The van der Waals surface area contributed by atoms with Crippen LogP contribution in [0.1, 0.15) is 10.4 Å². The summed E-state index contributed by atoms with van der Waals surface area (Å²) in [7, 11) is 3.67. The van der Waals surface area contributed by atoms with Gasteiger partial charge in [-0.05, 0) is 46.5 Å². The van der Waals surface area contributed by atoms with Crippen molar-refractivity contribution < 1.29 is 23.8 Å². The maximum absolute atomic E-state index is 11.6. The third-order valence-electron chi connectivity index (χ3n) is 3.89. The summed E-state index contributed by atoms with van der Waals surface area (Å²) < 4.78 is 16.1. The molecule has 0 fully saturated rings. The van der Waals surface area contributed by atoms with Crippen LogP contribution in [0.25, 0.3) is 21.5 Å². The van der Waals surface area contributed by atoms with E-state index in [4.69, 9.17) is 13.9 Å². The molecule has 1 N–H and O–H groups in total. The number of hydrogen-bond donors (Lipinski definition) is 1. The Morgan fingerprint density at radius 1 is 0.957 bits per heavy atom. The fourth-order valence-electron chi connectivity index (χ4n) is 2.76. The number of rotatable bonds is 4. The van der Waals surface area contributed by atoms with Crippen LogP contribution in [0.3, 0.4) is 0 Å². The van der Waals surface area contributed by atoms with Crippen molar-refractivity contribution in [3.63, 3.8) is 0 Å². The number of methoxy groups -OCH3 is 2. The van der Waals surface area contributed by atoms with Gasteiger partial charge >= 0.3 is 5.97 Å². The first-order chi connectivity index (χ1) is 11.1. The van der Waals surface area contributed by atoms with E-state index in [9.17, 15) is 9.90 Å². The Hall–Kier alpha value is -2.73. The van der Waals surface area contributed by atoms with E-state index in [0.29, 0.717) is 27.4 Å². The molecule has 0 amide bonds. The van der Waals surface area contributed by atoms with Gasteiger partial charge in [-0.1, -0.05) is 6.07 Å². The third-order valence-corrected chi connectivity index (χ3v) is 4.37. The molecule has 6 heteroatoms. The second kappa shape index (κ2) is 5.81. The number of hydrogen-bond acceptors (Lipinski definition) is 4. The molecule has 5 nitrogen and oxygen atoms in total. The Labute approximate surface area is 135 Å². The standard InChI is InChI=1S/C17H16O5Si/c1-20-15-7-12-11-6-10(22-23)4-3-9(11)5-14(17(18)19)13(12)8-16(15)21-2/h3-8H,1-2,23H3,(H,18,19). The van der Waals surface area contributed by atoms with Gasteiger partial charge in [0, 0.05) is 5.39 Å². The summed E-state index contributed by atoms with van der Waals surface area (Å²) in [5, 5.41) is 12.7. The van der Waals surface area contributed by atoms with Crippen molar-refractivity contribution in [3.05, 3.63) is 42.0 Å². The van der Waals surface area contributed by atoms with Crippen LogP contribution in [0.4, 0.5) is 0 Å². The van der Waals surface area contributed by atoms with Crippen molar-refractivity contribution in [1.29, 1.82) is 0 Å². The van der Waals surface area contributed by atoms with Crippen LogP contribution in [0, 0.1) is 0 Å². The number of carboxylic acids is 1. The lowest BCUT2D eigenvalue weighted by atomic mass is 9.96. The molecule has 0 radical (unpaired) electrons. The number of fused-ring (bicyclic) bond motifs is 3. The zero-order chi connectivity index (χ0) is 16.6. The number of aromatic carboxylic acids is 1. The largest absolute Gasteiger partial charge is 0.553 e. The van der Waals surface area contributed by atoms with Crippen LogP contribution in [-0.4, -0.2) is 35.8 Å². The van der Waals surface area contributed by atoms with Crippen LogP contribution in [0.5, 0.6) is 17.2 Å². The molecule has 23 heavy (non-hydrogen) atoms. The van der Waals surface area contributed by atoms with E-state index in [1.54, 1.807) is 25.3 Å². The number of benzene rings is 3. The Bertz CT molecular complexity index is 920. The highest BCUT2D eigenvalue weighted by molar-refractivity contribution is 6.16. The second-order valence-electron chi connectivity index (χ2n) is 5.07. The monoisotopic (exact) mass is 328 g/mol. The lowest BCUT2D eigenvalue weighted by molar-refractivity contribution is 0.0699. The minimum absolute atomic E-state index is 0.230. The van der Waals surface area contributed by atoms with Gasteiger partial charge in [0.25, 0.3) is 0 Å². The average molecular weight is 328 g/mol. The summed E-state index contributed by atoms with van der Waals surface area (Å²) in [6, 6.07) is 10.8. The first kappa shape index (κ1) is 15.2. The summed E-state index contributed by atoms with van der Waals surface area (Å²) in [5.74, 6) is 0.842. The average Bonchev–Trinajstić information content (AvgIpc) is 2.58. The second-order valence-corrected chi connectivity index (χ2v) is 5.48. The van der Waals surface area contributed by atoms with E-state index in [1.165, 1.54) is 7.11 Å². The van der Waals surface area contributed by atoms with Gasteiger partial charge in [0.15, 0.2) is 11.5 Å². The lowest BCUT2D eigenvalue weighted by Gasteiger charge is -2.13. The quantitative estimate of drug-likeness (QED) is 0.588. The van der Waals surface area contributed by atoms with Crippen LogP contribution < -0.4 is 13.9 Å². The SMILES string of the molecule is COc1cc2c(C(=O)O)cc3ccc(O[SiH3])cc3c2cc1OC. The highest BCUT2D eigenvalue weighted by Crippen LogP contribution is 2.38. The highest BCUT2D eigenvalue weighted by Gasteiger charge is 2.16. The van der Waals surface area contributed by atoms with Crippen LogP contribution in [0.2, 0.25) is 0 Å². The summed E-state index contributed by atoms with van der Waals surface area (Å²) in [6.45, 7) is 0. The van der Waals surface area contributed by atoms with Gasteiger partial charge in [0.05, 0.1) is 19.8 Å². The number of carbonyl (C=O) groups is 1. The fourth-order valence-corrected chi connectivity index (χ4v) is 3.01. The molecule has 0 bridgehead atoms. The topological polar surface area (TPSA) is 65.0 Å². The van der Waals surface area contributed by atoms with Gasteiger partial charge < -0.3 is 19.0 Å². The molecule has 0 unspecified atom stereocenters. The molecule has 0 saturated heterocycles. The van der Waals surface area contributed by atoms with Crippen LogP contribution >= 0.6 is 0 Å². The van der Waals surface area contributed by atoms with Crippen molar-refractivity contribution in [3.8, 4) is 17.2 Å². The molecule has 118 valence electrons. The van der Waals surface area contributed by atoms with Gasteiger partial charge in [0.1, 0.15) is 5.75 Å². The molecule has 0 heterocycles. The van der Waals surface area contributed by atoms with E-state index >= 15 is 0 Å². The molecule has 3 aromatic carbocycles. The highest BCUT2D eigenvalue weighted by atomic mass is 28.2. The summed E-state index contributed by atoms with van der Waals surface area (Å²) in [5.41, 5.74) is 0.230. The van der Waals surface area contributed by atoms with Gasteiger partial charge in [-0.2, -0.15) is 0 Å². The Balaban J connectivity index is 2.50. The summed E-state index contributed by atoms with van der Waals surface area (Å²) in [6.07, 6.45) is 0. The predicted molar refractivity (Wildman–Crippen MR) is 92.1 cm³/mol. The molecule has 0 aliphatic rings. The zero-order valence-corrected chi connectivity index (χ0v) is 15.0. The molecule has 0 atom stereocenters. The van der Waals surface area contributed by atoms with E-state index in [-0.39, 0.29) is 5.56 Å². The molecule has 0 aliphatic heterocycles. The summed E-state index contributed by atoms with van der Waals surface area (Å²) in [4.78, 5) is 11.6. The molecule has 0 saturated carbocycles. The van der Waals surface area contributed by atoms with Crippen molar-refractivity contribution in [2.75, 3.05) is 14.2 Å². The molecule has 0 aliphatic carbocycles. The van der Waals surface area contributed by atoms with Crippen molar-refractivity contribution in [2.24, 2.45) is 0 Å². The Morgan fingerprint density at radius 2 is 1.61 bits per heavy atom. The normalized spacial score (nSPS) is 10.9. The predicted octanol–water partition coefficient (Wildman–Crippen LogP) is 2.37. The maximum atomic E-state index is 11.6. The van der Waals surface area contributed by atoms with Crippen LogP contribution in [0.15, 0.2) is 36.4 Å². The fraction of sp³-hybridized carbons (Fsp3) is 0.118. The zero-order valence-electron chi connectivity index (χ0n) is 13.0. The van der Waals surface area contributed by atoms with E-state index in [1.807, 2.05) is 18.2 Å². The first-order valence-electron chi connectivity index (χ1n) is 6.98. The van der Waals surface area contributed by atoms with Crippen molar-refractivity contribution in [2.45, 2.75) is 0 Å². The van der Waals surface area contributed by atoms with Gasteiger partial charge in [0.2, 0.25) is 10.5 Å². The molecular formula is C17H16O5Si. The molecule has 0 spiro atoms. The number of carboxylic acid groups (broad SMARTS) is 1. The van der Waals surface area contributed by atoms with E-state index < -0.39 is 5.97 Å². The molecular weight excluding hydrogens is 312 g/mol. The molecule has 0 aromatic heterocycles. The van der Waals surface area contributed by atoms with Crippen LogP contribution in [-0.2, 0) is 0 Å². The maximum Gasteiger partial charge on any atom is 0.336 e. The van der Waals surface area contributed by atoms with E-state index in [0.717, 1.165) is 21.9 Å². The number of ether oxygens (including phenoxy) is 2. The van der Waals surface area contributed by atoms with Gasteiger partial charge in [-0.25, -0.2) is 4.79 Å². The van der Waals surface area contributed by atoms with Gasteiger partial charge in [-0.3, -0.25) is 0 Å². The Kier molecular flexibility index (Phi) is 3.83. The lowest BCUT2D eigenvalue weighted by Crippen LogP contribution is -2.00. The molecule has 3 rings (SSSR count). The van der Waals surface area contributed by atoms with Gasteiger partial charge in [-0.15, -0.1) is 0 Å². The third kappa shape index (κ3) is 2.47. The van der Waals surface area contributed by atoms with Crippen molar-refractivity contribution >= 4 is 38.0 Å². The minimum atomic E-state index is -0.979. The van der Waals surface area contributed by atoms with Crippen molar-refractivity contribution in [1.82, 2.24) is 0 Å². The first-order valence-corrected chi connectivity index (χ1v) is 7.80. The summed E-state index contributed by atoms with van der Waals surface area (Å²) >= 11 is 0. The molecule has 3 aromatic rings. The smallest absolute Gasteiger partial charge is 0.336 e. The van der Waals surface area contributed by atoms with E-state index in [2.05, 4.69) is 0 Å².